The fraction of sp³-hybridized carbons (Fsp3) is 0.375. The molecule has 0 bridgehead atoms. The fourth-order valence-electron chi connectivity index (χ4n) is 2.63. The maximum absolute atomic E-state index is 12.0. The lowest BCUT2D eigenvalue weighted by Crippen LogP contribution is -2.43. The quantitative estimate of drug-likeness (QED) is 0.711. The van der Waals surface area contributed by atoms with E-state index in [0.717, 1.165) is 5.75 Å². The number of ether oxygens (including phenoxy) is 1. The Labute approximate surface area is 134 Å². The number of para-hydroxylation sites is 1. The highest BCUT2D eigenvalue weighted by Crippen LogP contribution is 2.12. The molecule has 0 radical (unpaired) electrons. The predicted octanol–water partition coefficient (Wildman–Crippen LogP) is 0.264. The van der Waals surface area contributed by atoms with E-state index in [0.29, 0.717) is 31.9 Å². The standard InChI is InChI=1S/C16H20N4O3/c21-15-11-20(8-9-23-12-4-2-1-3-5-12)10-14(15)18-16(22)13-6-7-17-19-13/h1-7,14-15,21H,8-11H2,(H,17,19)(H,18,22)/t14-,15-/m1/s1. The number of H-pyrrole nitrogens is 1. The fourth-order valence-corrected chi connectivity index (χ4v) is 2.63. The Bertz CT molecular complexity index is 618. The topological polar surface area (TPSA) is 90.5 Å². The predicted molar refractivity (Wildman–Crippen MR) is 84.2 cm³/mol. The summed E-state index contributed by atoms with van der Waals surface area (Å²) in [6.07, 6.45) is 0.936. The van der Waals surface area contributed by atoms with Crippen LogP contribution in [0.25, 0.3) is 0 Å². The summed E-state index contributed by atoms with van der Waals surface area (Å²) in [5, 5.41) is 19.3. The van der Waals surface area contributed by atoms with Gasteiger partial charge in [-0.2, -0.15) is 5.10 Å². The van der Waals surface area contributed by atoms with Crippen molar-refractivity contribution in [3.63, 3.8) is 0 Å². The van der Waals surface area contributed by atoms with Gasteiger partial charge < -0.3 is 15.2 Å². The van der Waals surface area contributed by atoms with Gasteiger partial charge in [-0.1, -0.05) is 18.2 Å². The minimum atomic E-state index is -0.585. The molecule has 2 heterocycles. The largest absolute Gasteiger partial charge is 0.492 e. The Morgan fingerprint density at radius 1 is 1.35 bits per heavy atom. The van der Waals surface area contributed by atoms with E-state index in [-0.39, 0.29) is 11.9 Å². The number of aliphatic hydroxyl groups excluding tert-OH is 1. The SMILES string of the molecule is O=C(N[C@@H]1CN(CCOc2ccccc2)C[C@H]1O)c1ccn[nH]1. The van der Waals surface area contributed by atoms with E-state index in [1.165, 1.54) is 6.20 Å². The molecular weight excluding hydrogens is 296 g/mol. The van der Waals surface area contributed by atoms with Gasteiger partial charge in [0.05, 0.1) is 12.1 Å². The van der Waals surface area contributed by atoms with E-state index in [9.17, 15) is 9.90 Å². The summed E-state index contributed by atoms with van der Waals surface area (Å²) < 4.78 is 5.65. The van der Waals surface area contributed by atoms with Crippen molar-refractivity contribution in [2.45, 2.75) is 12.1 Å². The molecule has 3 N–H and O–H groups in total. The van der Waals surface area contributed by atoms with E-state index < -0.39 is 6.10 Å². The van der Waals surface area contributed by atoms with Gasteiger partial charge in [-0.25, -0.2) is 0 Å². The van der Waals surface area contributed by atoms with E-state index in [4.69, 9.17) is 4.74 Å². The third kappa shape index (κ3) is 4.08. The molecular formula is C16H20N4O3. The first-order chi connectivity index (χ1) is 11.2. The zero-order chi connectivity index (χ0) is 16.1. The number of hydrogen-bond acceptors (Lipinski definition) is 5. The number of likely N-dealkylation sites (tertiary alicyclic amines) is 1. The molecule has 1 aromatic carbocycles. The maximum atomic E-state index is 12.0. The number of aromatic amines is 1. The Morgan fingerprint density at radius 2 is 2.17 bits per heavy atom. The number of nitrogens with zero attached hydrogens (tertiary/aromatic N) is 2. The molecule has 3 rings (SSSR count). The van der Waals surface area contributed by atoms with E-state index in [1.807, 2.05) is 30.3 Å². The van der Waals surface area contributed by atoms with Crippen molar-refractivity contribution in [1.29, 1.82) is 0 Å². The number of aromatic nitrogens is 2. The average molecular weight is 316 g/mol. The molecule has 1 amide bonds. The van der Waals surface area contributed by atoms with Gasteiger partial charge in [0.25, 0.3) is 5.91 Å². The highest BCUT2D eigenvalue weighted by molar-refractivity contribution is 5.92. The van der Waals surface area contributed by atoms with Crippen LogP contribution in [0, 0.1) is 0 Å². The smallest absolute Gasteiger partial charge is 0.269 e. The van der Waals surface area contributed by atoms with Crippen LogP contribution in [0.3, 0.4) is 0 Å². The first-order valence-corrected chi connectivity index (χ1v) is 7.61. The third-order valence-corrected chi connectivity index (χ3v) is 3.85. The number of β-amino-alcohol motifs (C(OH)–C–C–N with tert-alkyl or cyclic N) is 1. The van der Waals surface area contributed by atoms with Crippen LogP contribution in [0.5, 0.6) is 5.75 Å². The number of carbonyl (C=O) groups is 1. The van der Waals surface area contributed by atoms with Gasteiger partial charge in [-0.15, -0.1) is 0 Å². The van der Waals surface area contributed by atoms with Crippen molar-refractivity contribution in [3.05, 3.63) is 48.3 Å². The lowest BCUT2D eigenvalue weighted by atomic mass is 10.2. The highest BCUT2D eigenvalue weighted by Gasteiger charge is 2.32. The second-order valence-corrected chi connectivity index (χ2v) is 5.54. The summed E-state index contributed by atoms with van der Waals surface area (Å²) in [5.74, 6) is 0.574. The minimum Gasteiger partial charge on any atom is -0.492 e. The molecule has 1 saturated heterocycles. The van der Waals surface area contributed by atoms with Gasteiger partial charge in [-0.3, -0.25) is 14.8 Å². The Morgan fingerprint density at radius 3 is 2.91 bits per heavy atom. The molecule has 23 heavy (non-hydrogen) atoms. The van der Waals surface area contributed by atoms with Crippen molar-refractivity contribution in [2.75, 3.05) is 26.2 Å². The summed E-state index contributed by atoms with van der Waals surface area (Å²) in [4.78, 5) is 14.1. The molecule has 0 spiro atoms. The van der Waals surface area contributed by atoms with E-state index >= 15 is 0 Å². The van der Waals surface area contributed by atoms with Crippen LogP contribution in [-0.4, -0.2) is 64.5 Å². The number of aliphatic hydroxyl groups is 1. The number of amides is 1. The lowest BCUT2D eigenvalue weighted by Gasteiger charge is -2.16. The van der Waals surface area contributed by atoms with Crippen LogP contribution in [0.15, 0.2) is 42.6 Å². The summed E-state index contributed by atoms with van der Waals surface area (Å²) in [6.45, 7) is 2.35. The van der Waals surface area contributed by atoms with Crippen molar-refractivity contribution in [2.24, 2.45) is 0 Å². The minimum absolute atomic E-state index is 0.256. The number of nitrogens with one attached hydrogen (secondary N) is 2. The van der Waals surface area contributed by atoms with Crippen LogP contribution >= 0.6 is 0 Å². The van der Waals surface area contributed by atoms with Gasteiger partial charge in [0.1, 0.15) is 18.1 Å². The highest BCUT2D eigenvalue weighted by atomic mass is 16.5. The van der Waals surface area contributed by atoms with Crippen LogP contribution < -0.4 is 10.1 Å². The molecule has 1 aliphatic heterocycles. The molecule has 7 heteroatoms. The molecule has 2 aromatic rings. The second kappa shape index (κ2) is 7.26. The van der Waals surface area contributed by atoms with Crippen LogP contribution in [-0.2, 0) is 0 Å². The third-order valence-electron chi connectivity index (χ3n) is 3.85. The van der Waals surface area contributed by atoms with Gasteiger partial charge in [0, 0.05) is 25.8 Å². The van der Waals surface area contributed by atoms with Crippen molar-refractivity contribution in [3.8, 4) is 5.75 Å². The zero-order valence-corrected chi connectivity index (χ0v) is 12.7. The van der Waals surface area contributed by atoms with Crippen LogP contribution in [0.1, 0.15) is 10.5 Å². The van der Waals surface area contributed by atoms with Gasteiger partial charge in [0.15, 0.2) is 0 Å². The molecule has 1 fully saturated rings. The first kappa shape index (κ1) is 15.5. The van der Waals surface area contributed by atoms with Gasteiger partial charge in [-0.05, 0) is 18.2 Å². The monoisotopic (exact) mass is 316 g/mol. The summed E-state index contributed by atoms with van der Waals surface area (Å²) in [5.41, 5.74) is 0.392. The van der Waals surface area contributed by atoms with Gasteiger partial charge in [0.2, 0.25) is 0 Å². The Kier molecular flexibility index (Phi) is 4.89. The molecule has 2 atom stereocenters. The van der Waals surface area contributed by atoms with E-state index in [1.54, 1.807) is 6.07 Å². The average Bonchev–Trinajstić information content (AvgIpc) is 3.19. The van der Waals surface area contributed by atoms with Crippen LogP contribution in [0.4, 0.5) is 0 Å². The first-order valence-electron chi connectivity index (χ1n) is 7.61. The normalized spacial score (nSPS) is 21.3. The van der Waals surface area contributed by atoms with E-state index in [2.05, 4.69) is 20.4 Å². The maximum Gasteiger partial charge on any atom is 0.269 e. The number of hydrogen-bond donors (Lipinski definition) is 3. The van der Waals surface area contributed by atoms with Gasteiger partial charge >= 0.3 is 0 Å². The Hall–Kier alpha value is -2.38. The molecule has 0 aliphatic carbocycles. The van der Waals surface area contributed by atoms with Crippen LogP contribution in [0.2, 0.25) is 0 Å². The molecule has 7 nitrogen and oxygen atoms in total. The van der Waals surface area contributed by atoms with Crippen molar-refractivity contribution < 1.29 is 14.6 Å². The number of benzene rings is 1. The second-order valence-electron chi connectivity index (χ2n) is 5.54. The molecule has 1 aliphatic rings. The summed E-state index contributed by atoms with van der Waals surface area (Å²) in [7, 11) is 0. The van der Waals surface area contributed by atoms with Crippen molar-refractivity contribution >= 4 is 5.91 Å². The molecule has 0 unspecified atom stereocenters. The molecule has 0 saturated carbocycles. The lowest BCUT2D eigenvalue weighted by molar-refractivity contribution is 0.0883. The summed E-state index contributed by atoms with van der Waals surface area (Å²) >= 11 is 0. The Balaban J connectivity index is 1.44. The summed E-state index contributed by atoms with van der Waals surface area (Å²) in [6, 6.07) is 10.9. The molecule has 122 valence electrons. The number of carbonyl (C=O) groups excluding carboxylic acids is 1. The van der Waals surface area contributed by atoms with Crippen molar-refractivity contribution in [1.82, 2.24) is 20.4 Å². The zero-order valence-electron chi connectivity index (χ0n) is 12.7. The number of rotatable bonds is 6. The molecule has 1 aromatic heterocycles.